The number of hydrogen-bond acceptors (Lipinski definition) is 4. The highest BCUT2D eigenvalue weighted by molar-refractivity contribution is 5.61. The molecule has 1 fully saturated rings. The van der Waals surface area contributed by atoms with Gasteiger partial charge in [0, 0.05) is 24.2 Å². The Morgan fingerprint density at radius 2 is 1.88 bits per heavy atom. The second kappa shape index (κ2) is 6.72. The van der Waals surface area contributed by atoms with Gasteiger partial charge < -0.3 is 9.64 Å². The third-order valence-corrected chi connectivity index (χ3v) is 5.68. The maximum Gasteiger partial charge on any atom is 0.157 e. The molecule has 1 aromatic carbocycles. The first-order valence-electron chi connectivity index (χ1n) is 9.64. The zero-order valence-corrected chi connectivity index (χ0v) is 15.0. The van der Waals surface area contributed by atoms with Crippen LogP contribution in [-0.2, 0) is 24.4 Å². The molecule has 134 valence electrons. The minimum absolute atomic E-state index is 0.553. The van der Waals surface area contributed by atoms with Gasteiger partial charge in [-0.05, 0) is 24.8 Å². The third kappa shape index (κ3) is 2.76. The number of hydrogen-bond donors (Lipinski definition) is 0. The number of nitrogens with zero attached hydrogens (tertiary/aromatic N) is 4. The molecule has 0 atom stereocenters. The van der Waals surface area contributed by atoms with Gasteiger partial charge in [0.1, 0.15) is 5.82 Å². The Hall–Kier alpha value is -2.40. The lowest BCUT2D eigenvalue weighted by atomic mass is 10.2. The Kier molecular flexibility index (Phi) is 4.09. The maximum absolute atomic E-state index is 6.01. The smallest absolute Gasteiger partial charge is 0.157 e. The number of aromatic nitrogens is 3. The number of fused-ring (bicyclic) bond motifs is 3. The molecule has 1 aliphatic carbocycles. The van der Waals surface area contributed by atoms with Gasteiger partial charge in [0.2, 0.25) is 0 Å². The van der Waals surface area contributed by atoms with E-state index in [1.54, 1.807) is 0 Å². The molecule has 0 unspecified atom stereocenters. The maximum atomic E-state index is 6.01. The summed E-state index contributed by atoms with van der Waals surface area (Å²) in [6, 6.07) is 13.0. The summed E-state index contributed by atoms with van der Waals surface area (Å²) in [7, 11) is 0. The lowest BCUT2D eigenvalue weighted by Crippen LogP contribution is -2.32. The summed E-state index contributed by atoms with van der Waals surface area (Å²) < 4.78 is 8.04. The van der Waals surface area contributed by atoms with Gasteiger partial charge >= 0.3 is 0 Å². The van der Waals surface area contributed by atoms with Crippen LogP contribution in [0.4, 0.5) is 5.82 Å². The second-order valence-electron chi connectivity index (χ2n) is 7.32. The summed E-state index contributed by atoms with van der Waals surface area (Å²) in [5.74, 6) is 1.25. The van der Waals surface area contributed by atoms with Crippen molar-refractivity contribution >= 4 is 11.5 Å². The molecule has 3 heterocycles. The molecule has 3 aromatic rings. The fourth-order valence-corrected chi connectivity index (χ4v) is 4.43. The van der Waals surface area contributed by atoms with Crippen LogP contribution in [0.3, 0.4) is 0 Å². The topological polar surface area (TPSA) is 42.7 Å². The van der Waals surface area contributed by atoms with E-state index in [2.05, 4.69) is 22.1 Å². The number of ether oxygens (including phenoxy) is 1. The van der Waals surface area contributed by atoms with Crippen molar-refractivity contribution in [3.8, 4) is 0 Å². The Balaban J connectivity index is 1.43. The zero-order valence-electron chi connectivity index (χ0n) is 15.0. The van der Waals surface area contributed by atoms with Crippen molar-refractivity contribution in [1.29, 1.82) is 0 Å². The van der Waals surface area contributed by atoms with Gasteiger partial charge in [0.15, 0.2) is 5.65 Å². The molecule has 0 amide bonds. The summed E-state index contributed by atoms with van der Waals surface area (Å²) in [5.41, 5.74) is 4.51. The van der Waals surface area contributed by atoms with Crippen molar-refractivity contribution in [2.24, 2.45) is 0 Å². The molecule has 5 rings (SSSR count). The van der Waals surface area contributed by atoms with Gasteiger partial charge in [0.05, 0.1) is 25.1 Å². The predicted octanol–water partition coefficient (Wildman–Crippen LogP) is 3.75. The van der Waals surface area contributed by atoms with E-state index in [4.69, 9.17) is 9.72 Å². The summed E-state index contributed by atoms with van der Waals surface area (Å²) in [6.45, 7) is 2.25. The third-order valence-electron chi connectivity index (χ3n) is 5.68. The van der Waals surface area contributed by atoms with E-state index in [1.807, 2.05) is 35.0 Å². The highest BCUT2D eigenvalue weighted by Gasteiger charge is 2.32. The first-order chi connectivity index (χ1) is 12.9. The summed E-state index contributed by atoms with van der Waals surface area (Å²) >= 11 is 0. The Morgan fingerprint density at radius 1 is 1.04 bits per heavy atom. The average Bonchev–Trinajstić information content (AvgIpc) is 3.41. The zero-order chi connectivity index (χ0) is 17.3. The molecule has 2 aromatic heterocycles. The minimum Gasteiger partial charge on any atom is -0.370 e. The molecule has 1 aliphatic heterocycles. The van der Waals surface area contributed by atoms with Crippen LogP contribution < -0.4 is 4.90 Å². The van der Waals surface area contributed by atoms with Crippen LogP contribution in [0.15, 0.2) is 42.6 Å². The summed E-state index contributed by atoms with van der Waals surface area (Å²) in [6.07, 6.45) is 8.17. The van der Waals surface area contributed by atoms with E-state index in [9.17, 15) is 0 Å². The molecule has 0 bridgehead atoms. The van der Waals surface area contributed by atoms with Crippen LogP contribution in [0.1, 0.15) is 42.5 Å². The molecule has 26 heavy (non-hydrogen) atoms. The second-order valence-corrected chi connectivity index (χ2v) is 7.32. The average molecular weight is 348 g/mol. The van der Waals surface area contributed by atoms with Crippen LogP contribution in [0.2, 0.25) is 0 Å². The van der Waals surface area contributed by atoms with Gasteiger partial charge in [-0.3, -0.25) is 0 Å². The molecule has 5 nitrogen and oxygen atoms in total. The first kappa shape index (κ1) is 15.8. The van der Waals surface area contributed by atoms with Crippen molar-refractivity contribution < 1.29 is 4.74 Å². The fraction of sp³-hybridized carbons (Fsp3) is 0.429. The molecule has 1 saturated carbocycles. The summed E-state index contributed by atoms with van der Waals surface area (Å²) in [5, 5.41) is 4.55. The predicted molar refractivity (Wildman–Crippen MR) is 101 cm³/mol. The Labute approximate surface area is 153 Å². The number of anilines is 1. The molecule has 0 N–H and O–H groups in total. The largest absolute Gasteiger partial charge is 0.370 e. The van der Waals surface area contributed by atoms with Crippen LogP contribution in [0.25, 0.3) is 5.65 Å². The molecular weight excluding hydrogens is 324 g/mol. The highest BCUT2D eigenvalue weighted by Crippen LogP contribution is 2.36. The lowest BCUT2D eigenvalue weighted by Gasteiger charge is -2.27. The molecule has 0 saturated heterocycles. The van der Waals surface area contributed by atoms with Crippen LogP contribution in [0.5, 0.6) is 0 Å². The van der Waals surface area contributed by atoms with E-state index in [0.717, 1.165) is 24.3 Å². The Morgan fingerprint density at radius 3 is 2.73 bits per heavy atom. The van der Waals surface area contributed by atoms with Crippen molar-refractivity contribution in [1.82, 2.24) is 14.6 Å². The standard InChI is InChI=1S/C21H24N4O/c1-2-6-16(7-3-1)14-26-15-19-18-11-13-24(17-8-4-5-9-17)21(18)25-20(23-19)10-12-22-25/h1-3,6-7,10,12,17H,4-5,8-9,11,13-15H2. The molecule has 0 radical (unpaired) electrons. The van der Waals surface area contributed by atoms with Gasteiger partial charge in [0.25, 0.3) is 0 Å². The monoisotopic (exact) mass is 348 g/mol. The van der Waals surface area contributed by atoms with Crippen molar-refractivity contribution in [3.05, 3.63) is 59.4 Å². The van der Waals surface area contributed by atoms with Crippen molar-refractivity contribution in [3.63, 3.8) is 0 Å². The van der Waals surface area contributed by atoms with E-state index < -0.39 is 0 Å². The fourth-order valence-electron chi connectivity index (χ4n) is 4.43. The van der Waals surface area contributed by atoms with Gasteiger partial charge in [-0.2, -0.15) is 9.61 Å². The van der Waals surface area contributed by atoms with Crippen molar-refractivity contribution in [2.75, 3.05) is 11.4 Å². The summed E-state index contributed by atoms with van der Waals surface area (Å²) in [4.78, 5) is 7.42. The van der Waals surface area contributed by atoms with Gasteiger partial charge in [-0.15, -0.1) is 0 Å². The van der Waals surface area contributed by atoms with Gasteiger partial charge in [-0.25, -0.2) is 4.98 Å². The minimum atomic E-state index is 0.553. The van der Waals surface area contributed by atoms with E-state index in [1.165, 1.54) is 42.6 Å². The SMILES string of the molecule is c1ccc(COCc2nc3ccnn3c3c2CCN3C2CCCC2)cc1. The molecule has 0 spiro atoms. The van der Waals surface area contributed by atoms with Crippen molar-refractivity contribution in [2.45, 2.75) is 51.4 Å². The highest BCUT2D eigenvalue weighted by atomic mass is 16.5. The molecule has 2 aliphatic rings. The lowest BCUT2D eigenvalue weighted by molar-refractivity contribution is 0.104. The van der Waals surface area contributed by atoms with E-state index in [0.29, 0.717) is 19.3 Å². The quantitative estimate of drug-likeness (QED) is 0.704. The number of rotatable bonds is 5. The normalized spacial score (nSPS) is 17.3. The first-order valence-corrected chi connectivity index (χ1v) is 9.64. The Bertz CT molecular complexity index is 899. The van der Waals surface area contributed by atoms with E-state index >= 15 is 0 Å². The van der Waals surface area contributed by atoms with Crippen LogP contribution in [-0.4, -0.2) is 27.2 Å². The van der Waals surface area contributed by atoms with Crippen LogP contribution >= 0.6 is 0 Å². The molecular formula is C21H24N4O. The van der Waals surface area contributed by atoms with Gasteiger partial charge in [-0.1, -0.05) is 43.2 Å². The van der Waals surface area contributed by atoms with E-state index in [-0.39, 0.29) is 0 Å². The van der Waals surface area contributed by atoms with Crippen LogP contribution in [0, 0.1) is 0 Å². The number of benzene rings is 1. The molecule has 5 heteroatoms.